The first-order chi connectivity index (χ1) is 15.0. The molecule has 0 atom stereocenters. The average Bonchev–Trinajstić information content (AvgIpc) is 3.15. The van der Waals surface area contributed by atoms with E-state index in [-0.39, 0.29) is 31.4 Å². The highest BCUT2D eigenvalue weighted by Crippen LogP contribution is 2.33. The van der Waals surface area contributed by atoms with Gasteiger partial charge in [0.2, 0.25) is 10.0 Å². The van der Waals surface area contributed by atoms with Crippen molar-refractivity contribution in [2.24, 2.45) is 0 Å². The summed E-state index contributed by atoms with van der Waals surface area (Å²) in [5.74, 6) is 1.08. The average molecular weight is 443 g/mol. The molecule has 8 heteroatoms. The van der Waals surface area contributed by atoms with Crippen LogP contribution in [0.25, 0.3) is 11.0 Å². The van der Waals surface area contributed by atoms with E-state index in [1.54, 1.807) is 6.07 Å². The van der Waals surface area contributed by atoms with Gasteiger partial charge in [-0.1, -0.05) is 30.3 Å². The number of carbonyl (C=O) groups excluding carboxylic acids is 1. The van der Waals surface area contributed by atoms with Gasteiger partial charge in [0.15, 0.2) is 6.61 Å². The third kappa shape index (κ3) is 5.65. The molecule has 0 saturated carbocycles. The lowest BCUT2D eigenvalue weighted by Crippen LogP contribution is -2.36. The van der Waals surface area contributed by atoms with E-state index in [9.17, 15) is 13.2 Å². The summed E-state index contributed by atoms with van der Waals surface area (Å²) in [4.78, 5) is 12.1. The second kappa shape index (κ2) is 9.53. The molecule has 1 amide bonds. The van der Waals surface area contributed by atoms with Crippen molar-refractivity contribution in [2.75, 3.05) is 18.9 Å². The molecule has 0 saturated heterocycles. The summed E-state index contributed by atoms with van der Waals surface area (Å²) in [6, 6.07) is 14.8. The fourth-order valence-electron chi connectivity index (χ4n) is 3.72. The van der Waals surface area contributed by atoms with Crippen molar-refractivity contribution >= 4 is 26.9 Å². The zero-order valence-corrected chi connectivity index (χ0v) is 18.0. The van der Waals surface area contributed by atoms with E-state index < -0.39 is 10.0 Å². The fraction of sp³-hybridized carbons (Fsp3) is 0.348. The van der Waals surface area contributed by atoms with E-state index >= 15 is 0 Å². The van der Waals surface area contributed by atoms with Crippen LogP contribution in [0.1, 0.15) is 29.7 Å². The van der Waals surface area contributed by atoms with Gasteiger partial charge in [-0.15, -0.1) is 0 Å². The summed E-state index contributed by atoms with van der Waals surface area (Å²) in [6.45, 7) is 0.0596. The highest BCUT2D eigenvalue weighted by Gasteiger charge is 2.18. The molecule has 0 bridgehead atoms. The van der Waals surface area contributed by atoms with Crippen molar-refractivity contribution in [1.29, 1.82) is 0 Å². The number of sulfonamides is 1. The number of nitrogens with one attached hydrogen (secondary N) is 2. The smallest absolute Gasteiger partial charge is 0.257 e. The van der Waals surface area contributed by atoms with Crippen LogP contribution in [-0.4, -0.2) is 33.2 Å². The Balaban J connectivity index is 1.23. The lowest BCUT2D eigenvalue weighted by molar-refractivity contribution is -0.122. The third-order valence-electron chi connectivity index (χ3n) is 5.33. The van der Waals surface area contributed by atoms with Crippen LogP contribution in [-0.2, 0) is 34.2 Å². The van der Waals surface area contributed by atoms with Crippen molar-refractivity contribution in [3.8, 4) is 5.75 Å². The van der Waals surface area contributed by atoms with Crippen LogP contribution in [0.15, 0.2) is 52.9 Å². The van der Waals surface area contributed by atoms with Gasteiger partial charge < -0.3 is 14.5 Å². The maximum atomic E-state index is 12.1. The predicted molar refractivity (Wildman–Crippen MR) is 118 cm³/mol. The van der Waals surface area contributed by atoms with Gasteiger partial charge in [0.1, 0.15) is 17.1 Å². The number of rotatable bonds is 9. The first-order valence-electron chi connectivity index (χ1n) is 10.5. The zero-order valence-electron chi connectivity index (χ0n) is 17.2. The Bertz CT molecular complexity index is 1160. The zero-order chi connectivity index (χ0) is 21.7. The minimum atomic E-state index is -3.49. The maximum absolute atomic E-state index is 12.1. The van der Waals surface area contributed by atoms with Gasteiger partial charge in [-0.2, -0.15) is 0 Å². The molecule has 4 rings (SSSR count). The van der Waals surface area contributed by atoms with Crippen LogP contribution in [0.4, 0.5) is 0 Å². The Kier molecular flexibility index (Phi) is 6.58. The normalized spacial score (nSPS) is 13.7. The van der Waals surface area contributed by atoms with Gasteiger partial charge in [0, 0.05) is 30.5 Å². The molecule has 0 aliphatic heterocycles. The monoisotopic (exact) mass is 442 g/mol. The highest BCUT2D eigenvalue weighted by molar-refractivity contribution is 7.89. The predicted octanol–water partition coefficient (Wildman–Crippen LogP) is 2.93. The molecule has 1 aromatic heterocycles. The van der Waals surface area contributed by atoms with Crippen LogP contribution in [0.2, 0.25) is 0 Å². The van der Waals surface area contributed by atoms with E-state index in [0.717, 1.165) is 48.0 Å². The first-order valence-corrected chi connectivity index (χ1v) is 12.1. The lowest BCUT2D eigenvalue weighted by Gasteiger charge is -2.10. The molecule has 0 unspecified atom stereocenters. The Morgan fingerprint density at radius 2 is 1.87 bits per heavy atom. The minimum absolute atomic E-state index is 0.0145. The molecule has 1 aliphatic carbocycles. The molecule has 1 heterocycles. The summed E-state index contributed by atoms with van der Waals surface area (Å²) in [7, 11) is -3.49. The van der Waals surface area contributed by atoms with Crippen molar-refractivity contribution in [3.63, 3.8) is 0 Å². The second-order valence-corrected chi connectivity index (χ2v) is 9.56. The lowest BCUT2D eigenvalue weighted by atomic mass is 9.96. The van der Waals surface area contributed by atoms with Crippen molar-refractivity contribution in [2.45, 2.75) is 32.2 Å². The van der Waals surface area contributed by atoms with Gasteiger partial charge in [-0.05, 0) is 43.0 Å². The largest absolute Gasteiger partial charge is 0.484 e. The van der Waals surface area contributed by atoms with Gasteiger partial charge in [-0.3, -0.25) is 4.79 Å². The number of aryl methyl sites for hydroxylation is 2. The number of benzene rings is 2. The third-order valence-corrected chi connectivity index (χ3v) is 6.65. The van der Waals surface area contributed by atoms with Gasteiger partial charge in [0.25, 0.3) is 5.91 Å². The molecule has 0 fully saturated rings. The standard InChI is InChI=1S/C23H26N2O5S/c26-23(24-12-13-31(27,28)25-15-17-6-2-1-3-7-17)16-29-18-10-11-22-20(14-18)19-8-4-5-9-21(19)30-22/h1-3,6-7,10-11,14,25H,4-5,8-9,12-13,15-16H2,(H,24,26). The number of hydrogen-bond acceptors (Lipinski definition) is 5. The van der Waals surface area contributed by atoms with E-state index in [1.165, 1.54) is 5.56 Å². The summed E-state index contributed by atoms with van der Waals surface area (Å²) in [5, 5.41) is 3.63. The Hall–Kier alpha value is -2.84. The van der Waals surface area contributed by atoms with Crippen LogP contribution in [0, 0.1) is 0 Å². The molecule has 2 aromatic carbocycles. The second-order valence-electron chi connectivity index (χ2n) is 7.63. The summed E-state index contributed by atoms with van der Waals surface area (Å²) in [6.07, 6.45) is 4.26. The molecule has 164 valence electrons. The number of fused-ring (bicyclic) bond motifs is 3. The molecule has 0 spiro atoms. The minimum Gasteiger partial charge on any atom is -0.484 e. The van der Waals surface area contributed by atoms with Crippen LogP contribution >= 0.6 is 0 Å². The number of furan rings is 1. The molecule has 7 nitrogen and oxygen atoms in total. The van der Waals surface area contributed by atoms with Crippen molar-refractivity contribution in [1.82, 2.24) is 10.0 Å². The number of amides is 1. The van der Waals surface area contributed by atoms with Gasteiger partial charge >= 0.3 is 0 Å². The summed E-state index contributed by atoms with van der Waals surface area (Å²) < 4.78 is 38.2. The first kappa shape index (κ1) is 21.4. The SMILES string of the molecule is O=C(COc1ccc2oc3c(c2c1)CCCC3)NCCS(=O)(=O)NCc1ccccc1. The fourth-order valence-corrected chi connectivity index (χ4v) is 4.62. The van der Waals surface area contributed by atoms with E-state index in [1.807, 2.05) is 42.5 Å². The number of hydrogen-bond donors (Lipinski definition) is 2. The Labute approximate surface area is 181 Å². The number of carbonyl (C=O) groups is 1. The van der Waals surface area contributed by atoms with Gasteiger partial charge in [-0.25, -0.2) is 13.1 Å². The van der Waals surface area contributed by atoms with Gasteiger partial charge in [0.05, 0.1) is 5.75 Å². The summed E-state index contributed by atoms with van der Waals surface area (Å²) >= 11 is 0. The number of ether oxygens (including phenoxy) is 1. The molecule has 2 N–H and O–H groups in total. The van der Waals surface area contributed by atoms with Crippen LogP contribution in [0.5, 0.6) is 5.75 Å². The Morgan fingerprint density at radius 3 is 2.71 bits per heavy atom. The van der Waals surface area contributed by atoms with E-state index in [4.69, 9.17) is 9.15 Å². The molecule has 31 heavy (non-hydrogen) atoms. The Morgan fingerprint density at radius 1 is 1.06 bits per heavy atom. The highest BCUT2D eigenvalue weighted by atomic mass is 32.2. The molecule has 0 radical (unpaired) electrons. The molecule has 1 aliphatic rings. The van der Waals surface area contributed by atoms with Crippen LogP contribution in [0.3, 0.4) is 0 Å². The van der Waals surface area contributed by atoms with E-state index in [0.29, 0.717) is 5.75 Å². The van der Waals surface area contributed by atoms with E-state index in [2.05, 4.69) is 10.0 Å². The maximum Gasteiger partial charge on any atom is 0.257 e. The molecular weight excluding hydrogens is 416 g/mol. The van der Waals surface area contributed by atoms with Crippen LogP contribution < -0.4 is 14.8 Å². The molecule has 3 aromatic rings. The quantitative estimate of drug-likeness (QED) is 0.531. The molecular formula is C23H26N2O5S. The summed E-state index contributed by atoms with van der Waals surface area (Å²) in [5.41, 5.74) is 2.96. The van der Waals surface area contributed by atoms with Crippen molar-refractivity contribution < 1.29 is 22.4 Å². The topological polar surface area (TPSA) is 97.6 Å². The van der Waals surface area contributed by atoms with Crippen molar-refractivity contribution in [3.05, 3.63) is 65.4 Å².